The Hall–Kier alpha value is -1.52. The van der Waals surface area contributed by atoms with E-state index in [2.05, 4.69) is 17.3 Å². The maximum Gasteiger partial charge on any atom is 0.225 e. The summed E-state index contributed by atoms with van der Waals surface area (Å²) in [6, 6.07) is 0. The summed E-state index contributed by atoms with van der Waals surface area (Å²) in [4.78, 5) is 11.6. The zero-order valence-electron chi connectivity index (χ0n) is 9.45. The van der Waals surface area contributed by atoms with Crippen LogP contribution in [0.2, 0.25) is 0 Å². The van der Waals surface area contributed by atoms with Crippen LogP contribution in [0.25, 0.3) is 0 Å². The topological polar surface area (TPSA) is 72.9 Å². The molecule has 0 saturated heterocycles. The smallest absolute Gasteiger partial charge is 0.225 e. The van der Waals surface area contributed by atoms with Gasteiger partial charge in [0.05, 0.1) is 11.9 Å². The Morgan fingerprint density at radius 2 is 2.40 bits per heavy atom. The van der Waals surface area contributed by atoms with E-state index in [0.29, 0.717) is 23.8 Å². The molecule has 0 aromatic carbocycles. The van der Waals surface area contributed by atoms with E-state index in [1.54, 1.807) is 11.7 Å². The standard InChI is InChI=1S/C10H18N4O/c1-4-7(2)5-9(15)13-10-8(11)6-12-14(10)3/h6-7H,4-5,11H2,1-3H3,(H,13,15). The normalized spacial score (nSPS) is 12.5. The molecule has 0 aliphatic carbocycles. The van der Waals surface area contributed by atoms with Crippen LogP contribution in [-0.4, -0.2) is 15.7 Å². The maximum absolute atomic E-state index is 11.6. The molecule has 5 heteroatoms. The molecule has 0 bridgehead atoms. The fourth-order valence-electron chi connectivity index (χ4n) is 1.25. The monoisotopic (exact) mass is 210 g/mol. The predicted octanol–water partition coefficient (Wildman–Crippen LogP) is 1.38. The summed E-state index contributed by atoms with van der Waals surface area (Å²) in [5.41, 5.74) is 6.15. The van der Waals surface area contributed by atoms with Gasteiger partial charge in [-0.25, -0.2) is 0 Å². The van der Waals surface area contributed by atoms with E-state index in [0.717, 1.165) is 6.42 Å². The van der Waals surface area contributed by atoms with Crippen LogP contribution in [-0.2, 0) is 11.8 Å². The quantitative estimate of drug-likeness (QED) is 0.788. The van der Waals surface area contributed by atoms with Crippen LogP contribution in [0, 0.1) is 5.92 Å². The number of nitrogen functional groups attached to an aromatic ring is 1. The minimum atomic E-state index is -0.0142. The molecule has 1 heterocycles. The Bertz CT molecular complexity index is 326. The Balaban J connectivity index is 2.59. The molecule has 1 aromatic rings. The molecular weight excluding hydrogens is 192 g/mol. The summed E-state index contributed by atoms with van der Waals surface area (Å²) >= 11 is 0. The minimum absolute atomic E-state index is 0.0142. The molecule has 1 unspecified atom stereocenters. The molecule has 1 amide bonds. The zero-order valence-corrected chi connectivity index (χ0v) is 9.45. The lowest BCUT2D eigenvalue weighted by atomic mass is 10.1. The van der Waals surface area contributed by atoms with E-state index in [9.17, 15) is 4.79 Å². The van der Waals surface area contributed by atoms with E-state index in [1.807, 2.05) is 6.92 Å². The third-order valence-electron chi connectivity index (χ3n) is 2.46. The second kappa shape index (κ2) is 4.82. The Kier molecular flexibility index (Phi) is 3.71. The third-order valence-corrected chi connectivity index (χ3v) is 2.46. The first-order valence-corrected chi connectivity index (χ1v) is 5.12. The van der Waals surface area contributed by atoms with Gasteiger partial charge in [0, 0.05) is 13.5 Å². The minimum Gasteiger partial charge on any atom is -0.394 e. The Morgan fingerprint density at radius 3 is 2.87 bits per heavy atom. The van der Waals surface area contributed by atoms with E-state index >= 15 is 0 Å². The van der Waals surface area contributed by atoms with Crippen LogP contribution in [0.15, 0.2) is 6.20 Å². The number of hydrogen-bond donors (Lipinski definition) is 2. The number of nitrogens with two attached hydrogens (primary N) is 1. The summed E-state index contributed by atoms with van der Waals surface area (Å²) in [5.74, 6) is 0.947. The number of rotatable bonds is 4. The van der Waals surface area contributed by atoms with Crippen molar-refractivity contribution in [2.45, 2.75) is 26.7 Å². The molecule has 0 aliphatic heterocycles. The summed E-state index contributed by atoms with van der Waals surface area (Å²) < 4.78 is 1.56. The van der Waals surface area contributed by atoms with Crippen molar-refractivity contribution >= 4 is 17.4 Å². The molecule has 1 aromatic heterocycles. The van der Waals surface area contributed by atoms with Gasteiger partial charge in [-0.3, -0.25) is 9.48 Å². The second-order valence-corrected chi connectivity index (χ2v) is 3.84. The molecule has 1 atom stereocenters. The van der Waals surface area contributed by atoms with Crippen molar-refractivity contribution in [3.05, 3.63) is 6.20 Å². The highest BCUT2D eigenvalue weighted by atomic mass is 16.1. The van der Waals surface area contributed by atoms with Gasteiger partial charge < -0.3 is 11.1 Å². The highest BCUT2D eigenvalue weighted by molar-refractivity contribution is 5.92. The van der Waals surface area contributed by atoms with Gasteiger partial charge in [0.25, 0.3) is 0 Å². The van der Waals surface area contributed by atoms with E-state index in [4.69, 9.17) is 5.73 Å². The van der Waals surface area contributed by atoms with Crippen molar-refractivity contribution in [3.63, 3.8) is 0 Å². The van der Waals surface area contributed by atoms with Gasteiger partial charge in [-0.05, 0) is 5.92 Å². The van der Waals surface area contributed by atoms with Gasteiger partial charge in [0.15, 0.2) is 5.82 Å². The molecule has 84 valence electrons. The third kappa shape index (κ3) is 2.97. The lowest BCUT2D eigenvalue weighted by Gasteiger charge is -2.09. The highest BCUT2D eigenvalue weighted by Gasteiger charge is 2.11. The van der Waals surface area contributed by atoms with Gasteiger partial charge in [0.2, 0.25) is 5.91 Å². The number of anilines is 2. The molecule has 0 aliphatic rings. The van der Waals surface area contributed by atoms with Crippen LogP contribution >= 0.6 is 0 Å². The van der Waals surface area contributed by atoms with Crippen molar-refractivity contribution < 1.29 is 4.79 Å². The molecular formula is C10H18N4O. The number of nitrogens with one attached hydrogen (secondary N) is 1. The fourth-order valence-corrected chi connectivity index (χ4v) is 1.25. The van der Waals surface area contributed by atoms with Gasteiger partial charge >= 0.3 is 0 Å². The molecule has 0 radical (unpaired) electrons. The number of aryl methyl sites for hydroxylation is 1. The number of nitrogens with zero attached hydrogens (tertiary/aromatic N) is 2. The number of carbonyl (C=O) groups is 1. The molecule has 15 heavy (non-hydrogen) atoms. The molecule has 0 fully saturated rings. The van der Waals surface area contributed by atoms with Gasteiger partial charge in [-0.1, -0.05) is 20.3 Å². The van der Waals surface area contributed by atoms with Crippen LogP contribution in [0.5, 0.6) is 0 Å². The van der Waals surface area contributed by atoms with Crippen LogP contribution < -0.4 is 11.1 Å². The van der Waals surface area contributed by atoms with E-state index in [1.165, 1.54) is 6.20 Å². The summed E-state index contributed by atoms with van der Waals surface area (Å²) in [6.07, 6.45) is 3.04. The van der Waals surface area contributed by atoms with Crippen LogP contribution in [0.4, 0.5) is 11.5 Å². The average molecular weight is 210 g/mol. The number of aromatic nitrogens is 2. The van der Waals surface area contributed by atoms with Gasteiger partial charge in [0.1, 0.15) is 0 Å². The first-order valence-electron chi connectivity index (χ1n) is 5.12. The van der Waals surface area contributed by atoms with Crippen molar-refractivity contribution in [1.29, 1.82) is 0 Å². The van der Waals surface area contributed by atoms with Crippen molar-refractivity contribution in [2.24, 2.45) is 13.0 Å². The van der Waals surface area contributed by atoms with Crippen molar-refractivity contribution in [2.75, 3.05) is 11.1 Å². The van der Waals surface area contributed by atoms with Crippen LogP contribution in [0.1, 0.15) is 26.7 Å². The summed E-state index contributed by atoms with van der Waals surface area (Å²) in [7, 11) is 1.75. The Labute approximate surface area is 89.6 Å². The first kappa shape index (κ1) is 11.6. The molecule has 3 N–H and O–H groups in total. The first-order chi connectivity index (χ1) is 7.04. The fraction of sp³-hybridized carbons (Fsp3) is 0.600. The SMILES string of the molecule is CCC(C)CC(=O)Nc1c(N)cnn1C. The van der Waals surface area contributed by atoms with Crippen molar-refractivity contribution in [3.8, 4) is 0 Å². The van der Waals surface area contributed by atoms with Gasteiger partial charge in [-0.2, -0.15) is 5.10 Å². The number of carbonyl (C=O) groups excluding carboxylic acids is 1. The van der Waals surface area contributed by atoms with E-state index in [-0.39, 0.29) is 5.91 Å². The average Bonchev–Trinajstić information content (AvgIpc) is 2.49. The highest BCUT2D eigenvalue weighted by Crippen LogP contribution is 2.17. The number of hydrogen-bond acceptors (Lipinski definition) is 3. The molecule has 5 nitrogen and oxygen atoms in total. The number of amides is 1. The maximum atomic E-state index is 11.6. The van der Waals surface area contributed by atoms with E-state index < -0.39 is 0 Å². The Morgan fingerprint density at radius 1 is 1.73 bits per heavy atom. The van der Waals surface area contributed by atoms with Crippen molar-refractivity contribution in [1.82, 2.24) is 9.78 Å². The second-order valence-electron chi connectivity index (χ2n) is 3.84. The largest absolute Gasteiger partial charge is 0.394 e. The summed E-state index contributed by atoms with van der Waals surface area (Å²) in [6.45, 7) is 4.11. The molecule has 0 spiro atoms. The zero-order chi connectivity index (χ0) is 11.4. The lowest BCUT2D eigenvalue weighted by molar-refractivity contribution is -0.117. The van der Waals surface area contributed by atoms with Crippen LogP contribution in [0.3, 0.4) is 0 Å². The summed E-state index contributed by atoms with van der Waals surface area (Å²) in [5, 5.41) is 6.71. The predicted molar refractivity (Wildman–Crippen MR) is 60.3 cm³/mol. The molecule has 0 saturated carbocycles. The lowest BCUT2D eigenvalue weighted by Crippen LogP contribution is -2.17. The van der Waals surface area contributed by atoms with Gasteiger partial charge in [-0.15, -0.1) is 0 Å². The molecule has 1 rings (SSSR count).